The summed E-state index contributed by atoms with van der Waals surface area (Å²) in [6.07, 6.45) is 11.7. The van der Waals surface area contributed by atoms with Crippen molar-refractivity contribution in [3.05, 3.63) is 82.2 Å². The zero-order valence-corrected chi connectivity index (χ0v) is 40.0. The minimum absolute atomic E-state index is 0.0595. The molecule has 0 aliphatic heterocycles. The van der Waals surface area contributed by atoms with E-state index >= 15 is 0 Å². The molecule has 10 nitrogen and oxygen atoms in total. The van der Waals surface area contributed by atoms with E-state index in [2.05, 4.69) is 36.6 Å². The Morgan fingerprint density at radius 2 is 1.00 bits per heavy atom. The van der Waals surface area contributed by atoms with Crippen molar-refractivity contribution in [2.75, 3.05) is 0 Å². The molecule has 0 saturated heterocycles. The van der Waals surface area contributed by atoms with E-state index in [0.29, 0.717) is 46.7 Å². The first-order chi connectivity index (χ1) is 28.6. The smallest absolute Gasteiger partial charge is 0.270 e. The number of hydrogen-bond acceptors (Lipinski definition) is 6. The molecule has 0 bridgehead atoms. The summed E-state index contributed by atoms with van der Waals surface area (Å²) in [5.41, 5.74) is 6.86. The number of rotatable bonds is 10. The van der Waals surface area contributed by atoms with Gasteiger partial charge in [-0.05, 0) is 145 Å². The molecule has 4 aromatic rings. The van der Waals surface area contributed by atoms with Crippen LogP contribution in [-0.2, 0) is 49.9 Å². The largest absolute Gasteiger partial charge is 0.411 e. The van der Waals surface area contributed by atoms with Gasteiger partial charge in [-0.25, -0.2) is 35.9 Å². The van der Waals surface area contributed by atoms with Crippen LogP contribution in [0.5, 0.6) is 0 Å². The number of alkyl halides is 2. The zero-order valence-electron chi connectivity index (χ0n) is 38.4. The third-order valence-corrected chi connectivity index (χ3v) is 14.9. The number of benzene rings is 2. The van der Waals surface area contributed by atoms with Crippen LogP contribution < -0.4 is 10.3 Å². The number of nitrogens with zero attached hydrogens (tertiary/aromatic N) is 3. The van der Waals surface area contributed by atoms with Gasteiger partial charge in [0.15, 0.2) is 0 Å². The highest BCUT2D eigenvalue weighted by Gasteiger charge is 2.30. The number of oxime groups is 1. The van der Waals surface area contributed by atoms with Gasteiger partial charge >= 0.3 is 0 Å². The van der Waals surface area contributed by atoms with E-state index in [0.717, 1.165) is 79.9 Å². The lowest BCUT2D eigenvalue weighted by Gasteiger charge is -2.26. The molecule has 2 fully saturated rings. The molecule has 2 heterocycles. The Balaban J connectivity index is 0.000000234. The number of hydrogen-bond donors (Lipinski definition) is 3. The van der Waals surface area contributed by atoms with E-state index < -0.39 is 26.0 Å². The van der Waals surface area contributed by atoms with Gasteiger partial charge in [0.05, 0.1) is 5.71 Å². The molecule has 2 aliphatic rings. The van der Waals surface area contributed by atoms with Crippen LogP contribution in [0.25, 0.3) is 22.5 Å². The molecule has 0 radical (unpaired) electrons. The van der Waals surface area contributed by atoms with Crippen LogP contribution in [0.15, 0.2) is 63.5 Å². The molecule has 0 atom stereocenters. The SMILES string of the molecule is C/C(=N\O)c1cc(-c2cc(S(N)(=O)=O)c(C)n2CC2CCCCC2)cc(C(C)(C)C)c1.Cc1c(S(N)(=O)=O)cc(-c2cc(C(C)(C)C)cc(C(C)(F)F)c2)n1CC1CCCCC1. The third-order valence-electron chi connectivity index (χ3n) is 12.8. The van der Waals surface area contributed by atoms with E-state index in [1.165, 1.54) is 31.7 Å². The van der Waals surface area contributed by atoms with Crippen molar-refractivity contribution in [3.8, 4) is 22.5 Å². The Morgan fingerprint density at radius 3 is 1.35 bits per heavy atom. The molecule has 0 amide bonds. The topological polar surface area (TPSA) is 163 Å². The highest BCUT2D eigenvalue weighted by Crippen LogP contribution is 2.39. The molecule has 0 spiro atoms. The van der Waals surface area contributed by atoms with Crippen molar-refractivity contribution in [2.45, 2.75) is 173 Å². The molecular weight excluding hydrogens is 829 g/mol. The average Bonchev–Trinajstić information content (AvgIpc) is 3.70. The van der Waals surface area contributed by atoms with E-state index in [9.17, 15) is 30.8 Å². The molecule has 2 saturated carbocycles. The number of halogens is 2. The summed E-state index contributed by atoms with van der Waals surface area (Å²) in [5, 5.41) is 23.8. The fourth-order valence-corrected chi connectivity index (χ4v) is 10.6. The molecular formula is C48H69F2N5O5S2. The van der Waals surface area contributed by atoms with Crippen molar-refractivity contribution in [3.63, 3.8) is 0 Å². The lowest BCUT2D eigenvalue weighted by atomic mass is 9.84. The van der Waals surface area contributed by atoms with Crippen LogP contribution in [0, 0.1) is 25.7 Å². The summed E-state index contributed by atoms with van der Waals surface area (Å²) in [4.78, 5) is 0.234. The van der Waals surface area contributed by atoms with E-state index in [-0.39, 0.29) is 26.2 Å². The maximum atomic E-state index is 14.3. The maximum absolute atomic E-state index is 14.3. The first-order valence-electron chi connectivity index (χ1n) is 21.9. The summed E-state index contributed by atoms with van der Waals surface area (Å²) >= 11 is 0. The van der Waals surface area contributed by atoms with Gasteiger partial charge in [0.25, 0.3) is 5.92 Å². The van der Waals surface area contributed by atoms with Crippen LogP contribution in [0.1, 0.15) is 153 Å². The van der Waals surface area contributed by atoms with E-state index in [4.69, 9.17) is 10.3 Å². The van der Waals surface area contributed by atoms with Crippen molar-refractivity contribution < 1.29 is 30.8 Å². The Kier molecular flexibility index (Phi) is 14.8. The number of nitrogens with two attached hydrogens (primary N) is 2. The number of primary sulfonamides is 2. The molecule has 2 aliphatic carbocycles. The van der Waals surface area contributed by atoms with Crippen molar-refractivity contribution in [1.82, 2.24) is 9.13 Å². The van der Waals surface area contributed by atoms with Crippen LogP contribution in [0.4, 0.5) is 8.78 Å². The van der Waals surface area contributed by atoms with Crippen LogP contribution in [0.2, 0.25) is 0 Å². The summed E-state index contributed by atoms with van der Waals surface area (Å²) in [6, 6.07) is 14.3. The fourth-order valence-electron chi connectivity index (χ4n) is 8.96. The Morgan fingerprint density at radius 1 is 0.629 bits per heavy atom. The molecule has 0 unspecified atom stereocenters. The Hall–Kier alpha value is -3.85. The number of aromatic nitrogens is 2. The quantitative estimate of drug-likeness (QED) is 0.0818. The predicted octanol–water partition coefficient (Wildman–Crippen LogP) is 11.3. The van der Waals surface area contributed by atoms with Gasteiger partial charge in [0.2, 0.25) is 20.0 Å². The van der Waals surface area contributed by atoms with Crippen molar-refractivity contribution in [1.29, 1.82) is 0 Å². The lowest BCUT2D eigenvalue weighted by molar-refractivity contribution is 0.0174. The Bertz CT molecular complexity index is 2460. The zero-order chi connectivity index (χ0) is 46.2. The molecule has 342 valence electrons. The van der Waals surface area contributed by atoms with Crippen LogP contribution in [-0.4, -0.2) is 36.9 Å². The van der Waals surface area contributed by atoms with Gasteiger partial charge in [0, 0.05) is 48.4 Å². The Labute approximate surface area is 369 Å². The van der Waals surface area contributed by atoms with Gasteiger partial charge in [-0.15, -0.1) is 0 Å². The molecule has 5 N–H and O–H groups in total. The molecule has 2 aromatic carbocycles. The predicted molar refractivity (Wildman–Crippen MR) is 246 cm³/mol. The number of sulfonamides is 2. The van der Waals surface area contributed by atoms with Gasteiger partial charge in [-0.2, -0.15) is 0 Å². The molecule has 2 aromatic heterocycles. The van der Waals surface area contributed by atoms with Crippen LogP contribution in [0.3, 0.4) is 0 Å². The fraction of sp³-hybridized carbons (Fsp3) is 0.562. The van der Waals surface area contributed by atoms with Gasteiger partial charge in [-0.3, -0.25) is 0 Å². The van der Waals surface area contributed by atoms with Crippen LogP contribution >= 0.6 is 0 Å². The molecule has 6 rings (SSSR count). The standard InChI is InChI=1S/C24H34F2N2O2S.C24H35N3O3S/c1-16-22(31(27,29)30)14-21(28(16)15-17-9-7-6-8-10-17)18-11-19(23(2,3)4)13-20(12-18)24(5,25)26;1-16(26-28)19-11-20(13-21(12-19)24(3,4)5)22-14-23(31(25,29)30)17(2)27(22)15-18-9-7-6-8-10-18/h11-14,17H,6-10,15H2,1-5H3,(H2,27,29,30);11-14,18,28H,6-10,15H2,1-5H3,(H2,25,29,30)/b;26-16+. The van der Waals surface area contributed by atoms with Gasteiger partial charge in [0.1, 0.15) is 9.79 Å². The summed E-state index contributed by atoms with van der Waals surface area (Å²) in [7, 11) is -7.77. The first-order valence-corrected chi connectivity index (χ1v) is 25.0. The maximum Gasteiger partial charge on any atom is 0.270 e. The minimum Gasteiger partial charge on any atom is -0.411 e. The summed E-state index contributed by atoms with van der Waals surface area (Å²) < 4.78 is 81.9. The van der Waals surface area contributed by atoms with E-state index in [1.807, 2.05) is 50.5 Å². The van der Waals surface area contributed by atoms with Crippen molar-refractivity contribution >= 4 is 25.8 Å². The van der Waals surface area contributed by atoms with Crippen molar-refractivity contribution in [2.24, 2.45) is 27.3 Å². The second kappa shape index (κ2) is 18.7. The lowest BCUT2D eigenvalue weighted by Crippen LogP contribution is -2.18. The second-order valence-electron chi connectivity index (χ2n) is 19.9. The highest BCUT2D eigenvalue weighted by molar-refractivity contribution is 7.89. The highest BCUT2D eigenvalue weighted by atomic mass is 32.2. The molecule has 62 heavy (non-hydrogen) atoms. The molecule has 14 heteroatoms. The first kappa shape index (κ1) is 49.2. The average molecular weight is 898 g/mol. The monoisotopic (exact) mass is 897 g/mol. The van der Waals surface area contributed by atoms with E-state index in [1.54, 1.807) is 32.0 Å². The third kappa shape index (κ3) is 11.8. The summed E-state index contributed by atoms with van der Waals surface area (Å²) in [6.45, 7) is 20.0. The normalized spacial score (nSPS) is 16.6. The van der Waals surface area contributed by atoms with Gasteiger partial charge < -0.3 is 14.3 Å². The summed E-state index contributed by atoms with van der Waals surface area (Å²) in [5.74, 6) is -2.04. The minimum atomic E-state index is -3.93. The second-order valence-corrected chi connectivity index (χ2v) is 23.0. The van der Waals surface area contributed by atoms with Gasteiger partial charge in [-0.1, -0.05) is 85.2 Å².